The van der Waals surface area contributed by atoms with Crippen LogP contribution in [0.25, 0.3) is 22.6 Å². The molecule has 0 aliphatic heterocycles. The summed E-state index contributed by atoms with van der Waals surface area (Å²) in [5.41, 5.74) is 2.62. The quantitative estimate of drug-likeness (QED) is 0.530. The van der Waals surface area contributed by atoms with Gasteiger partial charge >= 0.3 is 0 Å². The largest absolute Gasteiger partial charge is 0.394 e. The molecule has 1 fully saturated rings. The zero-order valence-corrected chi connectivity index (χ0v) is 17.6. The van der Waals surface area contributed by atoms with E-state index in [9.17, 15) is 14.3 Å². The van der Waals surface area contributed by atoms with Crippen LogP contribution >= 0.6 is 0 Å². The molecule has 0 radical (unpaired) electrons. The monoisotopic (exact) mass is 425 g/mol. The summed E-state index contributed by atoms with van der Waals surface area (Å²) in [7, 11) is 1.69. The van der Waals surface area contributed by atoms with Gasteiger partial charge in [0, 0.05) is 24.7 Å². The van der Waals surface area contributed by atoms with Crippen LogP contribution in [0.5, 0.6) is 0 Å². The van der Waals surface area contributed by atoms with Gasteiger partial charge in [0.1, 0.15) is 17.2 Å². The zero-order chi connectivity index (χ0) is 22.1. The highest BCUT2D eigenvalue weighted by atomic mass is 19.1. The number of hydrogen-bond donors (Lipinski definition) is 3. The van der Waals surface area contributed by atoms with E-state index in [-0.39, 0.29) is 24.3 Å². The Morgan fingerprint density at radius 1 is 1.32 bits per heavy atom. The van der Waals surface area contributed by atoms with E-state index in [4.69, 9.17) is 4.98 Å². The highest BCUT2D eigenvalue weighted by Gasteiger charge is 2.26. The summed E-state index contributed by atoms with van der Waals surface area (Å²) in [5, 5.41) is 23.7. The van der Waals surface area contributed by atoms with Gasteiger partial charge in [-0.05, 0) is 44.4 Å². The van der Waals surface area contributed by atoms with Crippen molar-refractivity contribution in [3.05, 3.63) is 41.5 Å². The van der Waals surface area contributed by atoms with Crippen molar-refractivity contribution in [3.63, 3.8) is 0 Å². The lowest BCUT2D eigenvalue weighted by molar-refractivity contribution is 0.0947. The molecule has 10 heteroatoms. The third-order valence-corrected chi connectivity index (χ3v) is 5.02. The van der Waals surface area contributed by atoms with E-state index < -0.39 is 11.7 Å². The molecule has 0 saturated heterocycles. The minimum Gasteiger partial charge on any atom is -0.394 e. The van der Waals surface area contributed by atoms with Crippen LogP contribution in [0.3, 0.4) is 0 Å². The first-order valence-corrected chi connectivity index (χ1v) is 10.1. The van der Waals surface area contributed by atoms with E-state index in [1.807, 2.05) is 6.92 Å². The van der Waals surface area contributed by atoms with Gasteiger partial charge in [-0.1, -0.05) is 0 Å². The van der Waals surface area contributed by atoms with Gasteiger partial charge in [-0.25, -0.2) is 14.4 Å². The van der Waals surface area contributed by atoms with Crippen LogP contribution in [0.15, 0.2) is 24.5 Å². The number of nitrogens with zero attached hydrogens (tertiary/aromatic N) is 5. The Bertz CT molecular complexity index is 1130. The second kappa shape index (κ2) is 8.38. The van der Waals surface area contributed by atoms with Gasteiger partial charge in [0.25, 0.3) is 5.91 Å². The average Bonchev–Trinajstić information content (AvgIpc) is 3.45. The van der Waals surface area contributed by atoms with E-state index >= 15 is 0 Å². The first kappa shape index (κ1) is 20.9. The molecule has 1 aliphatic carbocycles. The SMILES string of the molecule is Cc1cc(F)c(C(=O)NC2CC2)cc1-c1cnc(N[C@H](C)CO)c(-c2cnn(C)n2)n1. The summed E-state index contributed by atoms with van der Waals surface area (Å²) in [6.45, 7) is 3.48. The summed E-state index contributed by atoms with van der Waals surface area (Å²) in [4.78, 5) is 23.0. The average molecular weight is 425 g/mol. The molecule has 4 rings (SSSR count). The minimum atomic E-state index is -0.573. The van der Waals surface area contributed by atoms with E-state index in [0.717, 1.165) is 12.8 Å². The lowest BCUT2D eigenvalue weighted by atomic mass is 10.0. The number of amides is 1. The van der Waals surface area contributed by atoms with Crippen LogP contribution in [0, 0.1) is 12.7 Å². The molecule has 1 aliphatic rings. The van der Waals surface area contributed by atoms with Crippen molar-refractivity contribution >= 4 is 11.7 Å². The molecule has 2 heterocycles. The van der Waals surface area contributed by atoms with Crippen LogP contribution < -0.4 is 10.6 Å². The van der Waals surface area contributed by atoms with E-state index in [1.54, 1.807) is 26.4 Å². The maximum absolute atomic E-state index is 14.5. The van der Waals surface area contributed by atoms with Gasteiger partial charge in [-0.3, -0.25) is 4.79 Å². The fourth-order valence-electron chi connectivity index (χ4n) is 3.15. The topological polar surface area (TPSA) is 118 Å². The second-order valence-corrected chi connectivity index (χ2v) is 7.79. The Morgan fingerprint density at radius 2 is 2.10 bits per heavy atom. The molecule has 1 saturated carbocycles. The number of aliphatic hydroxyl groups is 1. The normalized spacial score (nSPS) is 14.4. The molecule has 0 unspecified atom stereocenters. The van der Waals surface area contributed by atoms with Crippen molar-refractivity contribution in [1.82, 2.24) is 30.3 Å². The van der Waals surface area contributed by atoms with E-state index in [1.165, 1.54) is 16.9 Å². The van der Waals surface area contributed by atoms with Crippen molar-refractivity contribution < 1.29 is 14.3 Å². The summed E-state index contributed by atoms with van der Waals surface area (Å²) in [5.74, 6) is -0.563. The van der Waals surface area contributed by atoms with Gasteiger partial charge in [0.05, 0.1) is 30.3 Å². The smallest absolute Gasteiger partial charge is 0.254 e. The lowest BCUT2D eigenvalue weighted by Crippen LogP contribution is -2.26. The number of nitrogens with one attached hydrogen (secondary N) is 2. The Labute approximate surface area is 178 Å². The number of halogens is 1. The molecule has 1 atom stereocenters. The Kier molecular flexibility index (Phi) is 5.64. The molecular weight excluding hydrogens is 401 g/mol. The molecule has 162 valence electrons. The molecule has 1 amide bonds. The van der Waals surface area contributed by atoms with E-state index in [0.29, 0.717) is 34.0 Å². The second-order valence-electron chi connectivity index (χ2n) is 7.79. The first-order valence-electron chi connectivity index (χ1n) is 10.1. The highest BCUT2D eigenvalue weighted by Crippen LogP contribution is 2.30. The van der Waals surface area contributed by atoms with Gasteiger partial charge in [0.2, 0.25) is 0 Å². The number of carbonyl (C=O) groups excluding carboxylic acids is 1. The molecule has 9 nitrogen and oxygen atoms in total. The van der Waals surface area contributed by atoms with Crippen LogP contribution in [0.1, 0.15) is 35.7 Å². The number of hydrogen-bond acceptors (Lipinski definition) is 7. The summed E-state index contributed by atoms with van der Waals surface area (Å²) in [6.07, 6.45) is 4.95. The summed E-state index contributed by atoms with van der Waals surface area (Å²) >= 11 is 0. The molecule has 0 spiro atoms. The third-order valence-electron chi connectivity index (χ3n) is 5.02. The number of carbonyl (C=O) groups is 1. The molecule has 2 aromatic heterocycles. The Hall–Kier alpha value is -3.40. The van der Waals surface area contributed by atoms with Gasteiger partial charge in [-0.2, -0.15) is 15.0 Å². The number of anilines is 1. The molecule has 1 aromatic carbocycles. The van der Waals surface area contributed by atoms with Gasteiger partial charge < -0.3 is 15.7 Å². The molecule has 3 N–H and O–H groups in total. The Balaban J connectivity index is 1.77. The number of rotatable bonds is 7. The number of aliphatic hydroxyl groups excluding tert-OH is 1. The number of aromatic nitrogens is 5. The highest BCUT2D eigenvalue weighted by molar-refractivity contribution is 5.96. The lowest BCUT2D eigenvalue weighted by Gasteiger charge is -2.15. The summed E-state index contributed by atoms with van der Waals surface area (Å²) in [6, 6.07) is 2.72. The molecule has 31 heavy (non-hydrogen) atoms. The van der Waals surface area contributed by atoms with E-state index in [2.05, 4.69) is 25.8 Å². The Morgan fingerprint density at radius 3 is 2.74 bits per heavy atom. The van der Waals surface area contributed by atoms with Gasteiger partial charge in [0.15, 0.2) is 5.82 Å². The third kappa shape index (κ3) is 4.53. The van der Waals surface area contributed by atoms with Crippen LogP contribution in [-0.2, 0) is 7.05 Å². The fraction of sp³-hybridized carbons (Fsp3) is 0.381. The fourth-order valence-corrected chi connectivity index (χ4v) is 3.15. The standard InChI is InChI=1S/C21H24FN7O2/c1-11-6-16(22)15(21(31)26-13-4-5-13)7-14(11)17-8-23-20(25-12(2)10-30)19(27-17)18-9-24-29(3)28-18/h6-9,12-13,30H,4-5,10H2,1-3H3,(H,23,25)(H,26,31)/t12-/m1/s1. The number of benzene rings is 1. The van der Waals surface area contributed by atoms with Crippen molar-refractivity contribution in [3.8, 4) is 22.6 Å². The number of aryl methyl sites for hydroxylation is 2. The minimum absolute atomic E-state index is 0.0218. The molecule has 3 aromatic rings. The van der Waals surface area contributed by atoms with Crippen molar-refractivity contribution in [2.24, 2.45) is 7.05 Å². The molecule has 0 bridgehead atoms. The van der Waals surface area contributed by atoms with Crippen molar-refractivity contribution in [1.29, 1.82) is 0 Å². The maximum Gasteiger partial charge on any atom is 0.254 e. The predicted octanol–water partition coefficient (Wildman–Crippen LogP) is 2.07. The zero-order valence-electron chi connectivity index (χ0n) is 17.6. The first-order chi connectivity index (χ1) is 14.9. The van der Waals surface area contributed by atoms with Crippen LogP contribution in [-0.4, -0.2) is 54.7 Å². The van der Waals surface area contributed by atoms with Crippen molar-refractivity contribution in [2.75, 3.05) is 11.9 Å². The molecular formula is C21H24FN7O2. The van der Waals surface area contributed by atoms with Crippen LogP contribution in [0.2, 0.25) is 0 Å². The van der Waals surface area contributed by atoms with Crippen LogP contribution in [0.4, 0.5) is 10.2 Å². The maximum atomic E-state index is 14.5. The summed E-state index contributed by atoms with van der Waals surface area (Å²) < 4.78 is 14.5. The van der Waals surface area contributed by atoms with Gasteiger partial charge in [-0.15, -0.1) is 0 Å². The van der Waals surface area contributed by atoms with Crippen molar-refractivity contribution in [2.45, 2.75) is 38.8 Å². The predicted molar refractivity (Wildman–Crippen MR) is 113 cm³/mol.